The zero-order valence-corrected chi connectivity index (χ0v) is 9.89. The van der Waals surface area contributed by atoms with E-state index < -0.39 is 0 Å². The fourth-order valence-electron chi connectivity index (χ4n) is 2.13. The largest absolute Gasteiger partial charge is 0.355 e. The van der Waals surface area contributed by atoms with Gasteiger partial charge in [-0.1, -0.05) is 6.42 Å². The maximum Gasteiger partial charge on any atom is 0.155 e. The molecular formula is C12H20N4. The van der Waals surface area contributed by atoms with Crippen LogP contribution in [0.15, 0.2) is 12.3 Å². The molecule has 1 aromatic heterocycles. The maximum absolute atomic E-state index is 5.73. The lowest BCUT2D eigenvalue weighted by atomic mass is 9.85. The molecule has 1 saturated carbocycles. The highest BCUT2D eigenvalue weighted by Crippen LogP contribution is 2.28. The van der Waals surface area contributed by atoms with Crippen LogP contribution in [0, 0.1) is 5.92 Å². The molecule has 1 fully saturated rings. The van der Waals surface area contributed by atoms with E-state index >= 15 is 0 Å². The second-order valence-corrected chi connectivity index (χ2v) is 4.42. The molecule has 0 atom stereocenters. The summed E-state index contributed by atoms with van der Waals surface area (Å²) in [6.07, 6.45) is 5.80. The van der Waals surface area contributed by atoms with E-state index in [1.165, 1.54) is 19.3 Å². The first-order valence-electron chi connectivity index (χ1n) is 6.10. The summed E-state index contributed by atoms with van der Waals surface area (Å²) in [4.78, 5) is 2.30. The van der Waals surface area contributed by atoms with Crippen molar-refractivity contribution in [3.8, 4) is 0 Å². The molecule has 0 radical (unpaired) electrons. The van der Waals surface area contributed by atoms with Gasteiger partial charge in [0, 0.05) is 25.2 Å². The van der Waals surface area contributed by atoms with Crippen molar-refractivity contribution >= 4 is 5.82 Å². The van der Waals surface area contributed by atoms with Crippen LogP contribution in [0.2, 0.25) is 0 Å². The molecule has 16 heavy (non-hydrogen) atoms. The van der Waals surface area contributed by atoms with Gasteiger partial charge in [0.2, 0.25) is 0 Å². The average Bonchev–Trinajstić information content (AvgIpc) is 2.28. The molecule has 2 rings (SSSR count). The van der Waals surface area contributed by atoms with Crippen molar-refractivity contribution < 1.29 is 0 Å². The van der Waals surface area contributed by atoms with Gasteiger partial charge in [-0.3, -0.25) is 0 Å². The zero-order valence-electron chi connectivity index (χ0n) is 9.89. The van der Waals surface area contributed by atoms with Crippen LogP contribution in [0.1, 0.15) is 31.7 Å². The van der Waals surface area contributed by atoms with E-state index in [4.69, 9.17) is 5.73 Å². The summed E-state index contributed by atoms with van der Waals surface area (Å²) in [6, 6.07) is 1.96. The van der Waals surface area contributed by atoms with Crippen LogP contribution in [0.3, 0.4) is 0 Å². The van der Waals surface area contributed by atoms with Crippen LogP contribution in [-0.2, 0) is 6.54 Å². The van der Waals surface area contributed by atoms with Gasteiger partial charge in [-0.15, -0.1) is 5.10 Å². The highest BCUT2D eigenvalue weighted by Gasteiger charge is 2.21. The molecule has 0 bridgehead atoms. The van der Waals surface area contributed by atoms with Crippen LogP contribution in [0.4, 0.5) is 5.82 Å². The Morgan fingerprint density at radius 2 is 2.31 bits per heavy atom. The molecule has 1 aliphatic rings. The van der Waals surface area contributed by atoms with Crippen LogP contribution in [0.5, 0.6) is 0 Å². The van der Waals surface area contributed by atoms with Gasteiger partial charge in [0.15, 0.2) is 5.82 Å². The van der Waals surface area contributed by atoms with Crippen molar-refractivity contribution in [1.29, 1.82) is 0 Å². The molecule has 4 nitrogen and oxygen atoms in total. The molecule has 0 amide bonds. The lowest BCUT2D eigenvalue weighted by molar-refractivity contribution is 0.317. The summed E-state index contributed by atoms with van der Waals surface area (Å²) in [5, 5.41) is 8.19. The predicted octanol–water partition coefficient (Wildman–Crippen LogP) is 1.56. The van der Waals surface area contributed by atoms with E-state index in [2.05, 4.69) is 22.0 Å². The van der Waals surface area contributed by atoms with Crippen LogP contribution in [-0.4, -0.2) is 23.3 Å². The molecule has 0 unspecified atom stereocenters. The van der Waals surface area contributed by atoms with Gasteiger partial charge in [0.1, 0.15) is 0 Å². The highest BCUT2D eigenvalue weighted by atomic mass is 15.3. The monoisotopic (exact) mass is 220 g/mol. The molecule has 0 saturated heterocycles. The van der Waals surface area contributed by atoms with Gasteiger partial charge in [-0.2, -0.15) is 5.10 Å². The zero-order chi connectivity index (χ0) is 11.4. The number of rotatable bonds is 5. The maximum atomic E-state index is 5.73. The third-order valence-corrected chi connectivity index (χ3v) is 3.39. The molecule has 0 aliphatic heterocycles. The van der Waals surface area contributed by atoms with E-state index in [0.29, 0.717) is 6.54 Å². The standard InChI is InChI=1S/C12H20N4/c1-2-16(9-10-4-3-5-10)12-11(8-13)6-7-14-15-12/h6-7,10H,2-5,8-9,13H2,1H3. The van der Waals surface area contributed by atoms with Crippen LogP contribution >= 0.6 is 0 Å². The van der Waals surface area contributed by atoms with Crippen LogP contribution in [0.25, 0.3) is 0 Å². The summed E-state index contributed by atoms with van der Waals surface area (Å²) in [5.41, 5.74) is 6.82. The van der Waals surface area contributed by atoms with Gasteiger partial charge < -0.3 is 10.6 Å². The third-order valence-electron chi connectivity index (χ3n) is 3.39. The summed E-state index contributed by atoms with van der Waals surface area (Å²) >= 11 is 0. The summed E-state index contributed by atoms with van der Waals surface area (Å²) in [7, 11) is 0. The minimum atomic E-state index is 0.534. The summed E-state index contributed by atoms with van der Waals surface area (Å²) in [5.74, 6) is 1.81. The Bertz CT molecular complexity index is 336. The van der Waals surface area contributed by atoms with Crippen molar-refractivity contribution in [2.75, 3.05) is 18.0 Å². The third kappa shape index (κ3) is 2.32. The first kappa shape index (κ1) is 11.3. The van der Waals surface area contributed by atoms with Gasteiger partial charge in [-0.25, -0.2) is 0 Å². The van der Waals surface area contributed by atoms with Crippen LogP contribution < -0.4 is 10.6 Å². The van der Waals surface area contributed by atoms with Crippen molar-refractivity contribution in [2.24, 2.45) is 11.7 Å². The Morgan fingerprint density at radius 3 is 2.88 bits per heavy atom. The topological polar surface area (TPSA) is 55.0 Å². The van der Waals surface area contributed by atoms with E-state index in [1.54, 1.807) is 6.20 Å². The Kier molecular flexibility index (Phi) is 3.72. The van der Waals surface area contributed by atoms with Crippen molar-refractivity contribution in [3.63, 3.8) is 0 Å². The number of nitrogens with zero attached hydrogens (tertiary/aromatic N) is 3. The number of nitrogens with two attached hydrogens (primary N) is 1. The second kappa shape index (κ2) is 5.25. The van der Waals surface area contributed by atoms with E-state index in [-0.39, 0.29) is 0 Å². The predicted molar refractivity (Wildman–Crippen MR) is 65.2 cm³/mol. The summed E-state index contributed by atoms with van der Waals surface area (Å²) < 4.78 is 0. The quantitative estimate of drug-likeness (QED) is 0.818. The van der Waals surface area contributed by atoms with Crippen molar-refractivity contribution in [2.45, 2.75) is 32.7 Å². The van der Waals surface area contributed by atoms with Gasteiger partial charge in [-0.05, 0) is 31.7 Å². The Hall–Kier alpha value is -1.16. The molecule has 0 spiro atoms. The Morgan fingerprint density at radius 1 is 1.50 bits per heavy atom. The Balaban J connectivity index is 2.11. The lowest BCUT2D eigenvalue weighted by Crippen LogP contribution is -2.34. The van der Waals surface area contributed by atoms with Crippen molar-refractivity contribution in [1.82, 2.24) is 10.2 Å². The normalized spacial score (nSPS) is 15.9. The molecule has 2 N–H and O–H groups in total. The number of aromatic nitrogens is 2. The first-order chi connectivity index (χ1) is 7.85. The van der Waals surface area contributed by atoms with Gasteiger partial charge in [0.25, 0.3) is 0 Å². The minimum Gasteiger partial charge on any atom is -0.355 e. The van der Waals surface area contributed by atoms with E-state index in [1.807, 2.05) is 6.07 Å². The van der Waals surface area contributed by atoms with Crippen molar-refractivity contribution in [3.05, 3.63) is 17.8 Å². The molecular weight excluding hydrogens is 200 g/mol. The number of hydrogen-bond donors (Lipinski definition) is 1. The second-order valence-electron chi connectivity index (χ2n) is 4.42. The van der Waals surface area contributed by atoms with E-state index in [0.717, 1.165) is 30.4 Å². The van der Waals surface area contributed by atoms with Gasteiger partial charge >= 0.3 is 0 Å². The molecule has 1 aromatic rings. The molecule has 4 heteroatoms. The highest BCUT2D eigenvalue weighted by molar-refractivity contribution is 5.45. The number of hydrogen-bond acceptors (Lipinski definition) is 4. The SMILES string of the molecule is CCN(CC1CCC1)c1nnccc1CN. The van der Waals surface area contributed by atoms with Gasteiger partial charge in [0.05, 0.1) is 6.20 Å². The minimum absolute atomic E-state index is 0.534. The lowest BCUT2D eigenvalue weighted by Gasteiger charge is -2.32. The molecule has 1 aliphatic carbocycles. The average molecular weight is 220 g/mol. The fourth-order valence-corrected chi connectivity index (χ4v) is 2.13. The molecule has 0 aromatic carbocycles. The smallest absolute Gasteiger partial charge is 0.155 e. The Labute approximate surface area is 96.9 Å². The molecule has 88 valence electrons. The first-order valence-corrected chi connectivity index (χ1v) is 6.10. The number of anilines is 1. The molecule has 1 heterocycles. The fraction of sp³-hybridized carbons (Fsp3) is 0.667. The van der Waals surface area contributed by atoms with E-state index in [9.17, 15) is 0 Å². The summed E-state index contributed by atoms with van der Waals surface area (Å²) in [6.45, 7) is 4.77.